The highest BCUT2D eigenvalue weighted by atomic mass is 16.4. The summed E-state index contributed by atoms with van der Waals surface area (Å²) in [4.78, 5) is 27.0. The van der Waals surface area contributed by atoms with Gasteiger partial charge in [0, 0.05) is 6.20 Å². The number of hydrogen-bond donors (Lipinski definition) is 3. The van der Waals surface area contributed by atoms with Gasteiger partial charge in [0.05, 0.1) is 17.8 Å². The number of amides is 1. The monoisotopic (exact) mass is 286 g/mol. The summed E-state index contributed by atoms with van der Waals surface area (Å²) in [7, 11) is 0. The number of rotatable bonds is 4. The third kappa shape index (κ3) is 3.36. The van der Waals surface area contributed by atoms with Gasteiger partial charge in [-0.15, -0.1) is 0 Å². The van der Waals surface area contributed by atoms with E-state index in [1.165, 1.54) is 18.2 Å². The van der Waals surface area contributed by atoms with Gasteiger partial charge < -0.3 is 15.5 Å². The van der Waals surface area contributed by atoms with E-state index < -0.39 is 11.7 Å². The molecule has 3 N–H and O–H groups in total. The third-order valence-electron chi connectivity index (χ3n) is 2.99. The molecule has 6 heteroatoms. The highest BCUT2D eigenvalue weighted by molar-refractivity contribution is 5.98. The van der Waals surface area contributed by atoms with E-state index >= 15 is 0 Å². The molecule has 0 aliphatic rings. The quantitative estimate of drug-likeness (QED) is 0.746. The van der Waals surface area contributed by atoms with E-state index in [2.05, 4.69) is 10.3 Å². The van der Waals surface area contributed by atoms with Crippen molar-refractivity contribution in [1.29, 1.82) is 0 Å². The van der Waals surface area contributed by atoms with Gasteiger partial charge in [0.1, 0.15) is 5.56 Å². The Morgan fingerprint density at radius 3 is 2.67 bits per heavy atom. The number of carbonyl (C=O) groups excluding carboxylic acids is 1. The zero-order valence-corrected chi connectivity index (χ0v) is 11.3. The Morgan fingerprint density at radius 1 is 1.24 bits per heavy atom. The molecule has 0 bridgehead atoms. The van der Waals surface area contributed by atoms with Gasteiger partial charge in [0.15, 0.2) is 5.75 Å². The number of aromatic nitrogens is 1. The number of anilines is 1. The molecule has 0 atom stereocenters. The fraction of sp³-hybridized carbons (Fsp3) is 0.133. The van der Waals surface area contributed by atoms with Crippen molar-refractivity contribution in [2.24, 2.45) is 0 Å². The van der Waals surface area contributed by atoms with Crippen molar-refractivity contribution in [3.8, 4) is 5.75 Å². The average molecular weight is 286 g/mol. The maximum Gasteiger partial charge on any atom is 0.339 e. The number of carboxylic acid groups (broad SMARTS) is 1. The van der Waals surface area contributed by atoms with Crippen molar-refractivity contribution in [2.45, 2.75) is 13.3 Å². The molecule has 108 valence electrons. The fourth-order valence-electron chi connectivity index (χ4n) is 1.87. The highest BCUT2D eigenvalue weighted by Gasteiger charge is 2.15. The van der Waals surface area contributed by atoms with Crippen molar-refractivity contribution in [3.05, 3.63) is 53.3 Å². The standard InChI is InChI=1S/C15H14N2O4/c1-9-4-3-7-16-12(9)8-13(18)17-11-6-2-5-10(14(11)19)15(20)21/h2-7,19H,8H2,1H3,(H,17,18)(H,20,21). The second kappa shape index (κ2) is 6.04. The minimum Gasteiger partial charge on any atom is -0.505 e. The zero-order valence-electron chi connectivity index (χ0n) is 11.3. The molecule has 0 aliphatic heterocycles. The van der Waals surface area contributed by atoms with Gasteiger partial charge in [0.25, 0.3) is 0 Å². The number of nitrogens with zero attached hydrogens (tertiary/aromatic N) is 1. The van der Waals surface area contributed by atoms with Crippen molar-refractivity contribution in [1.82, 2.24) is 4.98 Å². The maximum absolute atomic E-state index is 12.0. The predicted molar refractivity (Wildman–Crippen MR) is 76.4 cm³/mol. The number of carboxylic acids is 1. The van der Waals surface area contributed by atoms with Crippen LogP contribution in [0.5, 0.6) is 5.75 Å². The molecule has 2 rings (SSSR count). The summed E-state index contributed by atoms with van der Waals surface area (Å²) >= 11 is 0. The van der Waals surface area contributed by atoms with Gasteiger partial charge >= 0.3 is 5.97 Å². The van der Waals surface area contributed by atoms with Crippen LogP contribution in [-0.2, 0) is 11.2 Å². The first-order valence-electron chi connectivity index (χ1n) is 6.24. The predicted octanol–water partition coefficient (Wildman–Crippen LogP) is 1.98. The Bertz CT molecular complexity index is 698. The van der Waals surface area contributed by atoms with Crippen LogP contribution in [0.4, 0.5) is 5.69 Å². The van der Waals surface area contributed by atoms with Crippen LogP contribution < -0.4 is 5.32 Å². The fourth-order valence-corrected chi connectivity index (χ4v) is 1.87. The minimum absolute atomic E-state index is 0.0451. The van der Waals surface area contributed by atoms with E-state index in [4.69, 9.17) is 5.11 Å². The molecule has 0 saturated heterocycles. The summed E-state index contributed by atoms with van der Waals surface area (Å²) in [5.41, 5.74) is 1.32. The maximum atomic E-state index is 12.0. The van der Waals surface area contributed by atoms with Crippen LogP contribution in [0.1, 0.15) is 21.6 Å². The summed E-state index contributed by atoms with van der Waals surface area (Å²) in [6, 6.07) is 7.77. The van der Waals surface area contributed by atoms with E-state index in [1.54, 1.807) is 12.3 Å². The van der Waals surface area contributed by atoms with Gasteiger partial charge in [-0.3, -0.25) is 9.78 Å². The lowest BCUT2D eigenvalue weighted by atomic mass is 10.1. The number of carbonyl (C=O) groups is 2. The van der Waals surface area contributed by atoms with Crippen molar-refractivity contribution < 1.29 is 19.8 Å². The Kier molecular flexibility index (Phi) is 4.18. The van der Waals surface area contributed by atoms with Crippen molar-refractivity contribution in [3.63, 3.8) is 0 Å². The number of aromatic hydroxyl groups is 1. The molecule has 6 nitrogen and oxygen atoms in total. The molecule has 21 heavy (non-hydrogen) atoms. The van der Waals surface area contributed by atoms with E-state index in [0.717, 1.165) is 5.56 Å². The summed E-state index contributed by atoms with van der Waals surface area (Å²) in [6.07, 6.45) is 1.64. The number of aryl methyl sites for hydroxylation is 1. The zero-order chi connectivity index (χ0) is 15.4. The molecule has 0 fully saturated rings. The Balaban J connectivity index is 2.15. The average Bonchev–Trinajstić information content (AvgIpc) is 2.43. The van der Waals surface area contributed by atoms with Crippen LogP contribution in [0.2, 0.25) is 0 Å². The summed E-state index contributed by atoms with van der Waals surface area (Å²) in [5, 5.41) is 21.2. The van der Waals surface area contributed by atoms with E-state index in [1.807, 2.05) is 13.0 Å². The molecule has 1 aromatic heterocycles. The molecular weight excluding hydrogens is 272 g/mol. The number of hydrogen-bond acceptors (Lipinski definition) is 4. The smallest absolute Gasteiger partial charge is 0.339 e. The van der Waals surface area contributed by atoms with Crippen molar-refractivity contribution >= 4 is 17.6 Å². The van der Waals surface area contributed by atoms with Gasteiger partial charge in [-0.1, -0.05) is 12.1 Å². The molecule has 1 amide bonds. The number of nitrogens with one attached hydrogen (secondary N) is 1. The van der Waals surface area contributed by atoms with Gasteiger partial charge in [0.2, 0.25) is 5.91 Å². The summed E-state index contributed by atoms with van der Waals surface area (Å²) in [6.45, 7) is 1.85. The minimum atomic E-state index is -1.26. The lowest BCUT2D eigenvalue weighted by Gasteiger charge is -2.09. The molecule has 2 aromatic rings. The Morgan fingerprint density at radius 2 is 2.00 bits per heavy atom. The molecule has 0 aliphatic carbocycles. The van der Waals surface area contributed by atoms with Gasteiger partial charge in [-0.25, -0.2) is 4.79 Å². The molecule has 0 radical (unpaired) electrons. The third-order valence-corrected chi connectivity index (χ3v) is 2.99. The van der Waals surface area contributed by atoms with Gasteiger partial charge in [-0.2, -0.15) is 0 Å². The summed E-state index contributed by atoms with van der Waals surface area (Å²) < 4.78 is 0. The SMILES string of the molecule is Cc1cccnc1CC(=O)Nc1cccc(C(=O)O)c1O. The number of para-hydroxylation sites is 1. The lowest BCUT2D eigenvalue weighted by molar-refractivity contribution is -0.115. The van der Waals surface area contributed by atoms with E-state index in [9.17, 15) is 14.7 Å². The number of pyridine rings is 1. The first-order chi connectivity index (χ1) is 9.99. The second-order valence-corrected chi connectivity index (χ2v) is 4.50. The molecule has 0 spiro atoms. The molecule has 1 heterocycles. The second-order valence-electron chi connectivity index (χ2n) is 4.50. The van der Waals surface area contributed by atoms with Crippen LogP contribution in [0.25, 0.3) is 0 Å². The van der Waals surface area contributed by atoms with Crippen LogP contribution in [-0.4, -0.2) is 27.1 Å². The molecular formula is C15H14N2O4. The van der Waals surface area contributed by atoms with E-state index in [0.29, 0.717) is 5.69 Å². The van der Waals surface area contributed by atoms with Gasteiger partial charge in [-0.05, 0) is 30.7 Å². The Labute approximate surface area is 121 Å². The molecule has 1 aromatic carbocycles. The number of benzene rings is 1. The number of phenols is 1. The van der Waals surface area contributed by atoms with Crippen LogP contribution >= 0.6 is 0 Å². The number of aromatic carboxylic acids is 1. The highest BCUT2D eigenvalue weighted by Crippen LogP contribution is 2.27. The summed E-state index contributed by atoms with van der Waals surface area (Å²) in [5.74, 6) is -2.10. The normalized spacial score (nSPS) is 10.1. The van der Waals surface area contributed by atoms with Crippen LogP contribution in [0, 0.1) is 6.92 Å². The first kappa shape index (κ1) is 14.5. The largest absolute Gasteiger partial charge is 0.505 e. The van der Waals surface area contributed by atoms with Crippen LogP contribution in [0.3, 0.4) is 0 Å². The van der Waals surface area contributed by atoms with Crippen LogP contribution in [0.15, 0.2) is 36.5 Å². The first-order valence-corrected chi connectivity index (χ1v) is 6.24. The molecule has 0 unspecified atom stereocenters. The van der Waals surface area contributed by atoms with E-state index in [-0.39, 0.29) is 23.6 Å². The Hall–Kier alpha value is -2.89. The lowest BCUT2D eigenvalue weighted by Crippen LogP contribution is -2.16. The molecule has 0 saturated carbocycles. The topological polar surface area (TPSA) is 99.5 Å². The van der Waals surface area contributed by atoms with Crippen molar-refractivity contribution in [2.75, 3.05) is 5.32 Å².